The lowest BCUT2D eigenvalue weighted by atomic mass is 9.99. The predicted molar refractivity (Wildman–Crippen MR) is 89.0 cm³/mol. The van der Waals surface area contributed by atoms with E-state index in [1.165, 1.54) is 6.21 Å². The number of esters is 1. The van der Waals surface area contributed by atoms with Gasteiger partial charge in [-0.15, -0.1) is 0 Å². The van der Waals surface area contributed by atoms with Crippen molar-refractivity contribution in [1.82, 2.24) is 0 Å². The number of rotatable bonds is 6. The molecule has 0 aliphatic heterocycles. The first-order chi connectivity index (χ1) is 11.3. The van der Waals surface area contributed by atoms with Crippen molar-refractivity contribution >= 4 is 12.2 Å². The monoisotopic (exact) mass is 306 g/mol. The van der Waals surface area contributed by atoms with Gasteiger partial charge < -0.3 is 4.74 Å². The molecule has 2 aromatic carbocycles. The minimum atomic E-state index is -0.995. The van der Waals surface area contributed by atoms with E-state index in [-0.39, 0.29) is 12.6 Å². The van der Waals surface area contributed by atoms with E-state index in [9.17, 15) is 4.79 Å². The zero-order valence-electron chi connectivity index (χ0n) is 12.9. The molecule has 0 unspecified atom stereocenters. The van der Waals surface area contributed by atoms with Crippen LogP contribution in [-0.4, -0.2) is 18.8 Å². The molecule has 0 aromatic heterocycles. The number of hydrogen-bond acceptors (Lipinski definition) is 4. The number of aliphatic imine (C=N–C) groups is 1. The second kappa shape index (κ2) is 8.50. The Balaban J connectivity index is 2.30. The van der Waals surface area contributed by atoms with Crippen LogP contribution in [0.2, 0.25) is 0 Å². The highest BCUT2D eigenvalue weighted by Crippen LogP contribution is 2.25. The Morgan fingerprint density at radius 1 is 1.13 bits per heavy atom. The normalized spacial score (nSPS) is 12.0. The topological polar surface area (TPSA) is 62.5 Å². The molecule has 116 valence electrons. The van der Waals surface area contributed by atoms with E-state index in [1.54, 1.807) is 6.92 Å². The van der Waals surface area contributed by atoms with E-state index < -0.39 is 11.9 Å². The predicted octanol–water partition coefficient (Wildman–Crippen LogP) is 3.55. The first-order valence-corrected chi connectivity index (χ1v) is 7.45. The zero-order chi connectivity index (χ0) is 16.5. The van der Waals surface area contributed by atoms with E-state index >= 15 is 0 Å². The van der Waals surface area contributed by atoms with Crippen molar-refractivity contribution in [3.63, 3.8) is 0 Å². The molecular formula is C19H18N2O2. The molecule has 0 amide bonds. The molecule has 4 heteroatoms. The van der Waals surface area contributed by atoms with Crippen molar-refractivity contribution in [2.24, 2.45) is 10.9 Å². The van der Waals surface area contributed by atoms with Gasteiger partial charge in [0.2, 0.25) is 0 Å². The second-order valence-corrected chi connectivity index (χ2v) is 4.88. The fourth-order valence-corrected chi connectivity index (χ4v) is 2.19. The van der Waals surface area contributed by atoms with Gasteiger partial charge in [-0.2, -0.15) is 5.26 Å². The Hall–Kier alpha value is -2.93. The molecule has 0 bridgehead atoms. The Kier molecular flexibility index (Phi) is 6.07. The van der Waals surface area contributed by atoms with Crippen molar-refractivity contribution < 1.29 is 9.53 Å². The van der Waals surface area contributed by atoms with Gasteiger partial charge in [-0.3, -0.25) is 9.79 Å². The fraction of sp³-hybridized carbons (Fsp3) is 0.211. The average Bonchev–Trinajstić information content (AvgIpc) is 2.60. The highest BCUT2D eigenvalue weighted by atomic mass is 16.5. The number of benzene rings is 2. The van der Waals surface area contributed by atoms with Gasteiger partial charge in [0.15, 0.2) is 5.92 Å². The van der Waals surface area contributed by atoms with Gasteiger partial charge >= 0.3 is 5.97 Å². The molecule has 0 aliphatic rings. The van der Waals surface area contributed by atoms with Crippen molar-refractivity contribution in [3.05, 3.63) is 71.8 Å². The lowest BCUT2D eigenvalue weighted by Gasteiger charge is -2.14. The van der Waals surface area contributed by atoms with E-state index in [0.717, 1.165) is 11.1 Å². The van der Waals surface area contributed by atoms with Crippen LogP contribution in [0.5, 0.6) is 0 Å². The van der Waals surface area contributed by atoms with Gasteiger partial charge in [-0.25, -0.2) is 0 Å². The molecule has 23 heavy (non-hydrogen) atoms. The summed E-state index contributed by atoms with van der Waals surface area (Å²) in [6.45, 7) is 1.95. The van der Waals surface area contributed by atoms with E-state index in [2.05, 4.69) is 4.99 Å². The van der Waals surface area contributed by atoms with Crippen molar-refractivity contribution in [2.75, 3.05) is 6.61 Å². The third-order valence-corrected chi connectivity index (χ3v) is 3.29. The lowest BCUT2D eigenvalue weighted by Crippen LogP contribution is -2.17. The van der Waals surface area contributed by atoms with E-state index in [4.69, 9.17) is 10.00 Å². The number of hydrogen-bond donors (Lipinski definition) is 0. The quantitative estimate of drug-likeness (QED) is 0.605. The van der Waals surface area contributed by atoms with Crippen LogP contribution in [-0.2, 0) is 9.53 Å². The first kappa shape index (κ1) is 16.4. The molecule has 2 rings (SSSR count). The average molecular weight is 306 g/mol. The maximum absolute atomic E-state index is 11.7. The highest BCUT2D eigenvalue weighted by Gasteiger charge is 2.18. The van der Waals surface area contributed by atoms with Gasteiger partial charge in [0.1, 0.15) is 0 Å². The molecular weight excluding hydrogens is 288 g/mol. The van der Waals surface area contributed by atoms with Crippen LogP contribution < -0.4 is 0 Å². The minimum absolute atomic E-state index is 0.242. The third kappa shape index (κ3) is 4.52. The summed E-state index contributed by atoms with van der Waals surface area (Å²) in [7, 11) is 0. The number of nitrogens with zero attached hydrogens (tertiary/aromatic N) is 2. The maximum atomic E-state index is 11.7. The smallest absolute Gasteiger partial charge is 0.328 e. The first-order valence-electron chi connectivity index (χ1n) is 7.45. The van der Waals surface area contributed by atoms with Crippen LogP contribution in [0, 0.1) is 17.2 Å². The summed E-state index contributed by atoms with van der Waals surface area (Å²) in [5, 5.41) is 9.14. The van der Waals surface area contributed by atoms with Gasteiger partial charge in [0.05, 0.1) is 18.7 Å². The van der Waals surface area contributed by atoms with E-state index in [1.807, 2.05) is 66.7 Å². The molecule has 0 fully saturated rings. The Labute approximate surface area is 136 Å². The zero-order valence-corrected chi connectivity index (χ0v) is 12.9. The van der Waals surface area contributed by atoms with Gasteiger partial charge in [0, 0.05) is 6.21 Å². The summed E-state index contributed by atoms with van der Waals surface area (Å²) < 4.78 is 4.89. The van der Waals surface area contributed by atoms with Crippen molar-refractivity contribution in [3.8, 4) is 6.07 Å². The summed E-state index contributed by atoms with van der Waals surface area (Å²) in [5.41, 5.74) is 1.99. The molecule has 2 aromatic rings. The van der Waals surface area contributed by atoms with Crippen LogP contribution in [0.3, 0.4) is 0 Å². The van der Waals surface area contributed by atoms with Crippen LogP contribution in [0.4, 0.5) is 0 Å². The summed E-state index contributed by atoms with van der Waals surface area (Å²) in [5.74, 6) is -1.57. The maximum Gasteiger partial charge on any atom is 0.328 e. The standard InChI is InChI=1S/C19H18N2O2/c1-2-23-19(22)17(13-20)14-21-18(15-9-5-3-6-10-15)16-11-7-4-8-12-16/h3-12,14,17-18H,2H2,1H3/t17-/m1/s1. The number of nitriles is 1. The molecule has 0 N–H and O–H groups in total. The number of ether oxygens (including phenoxy) is 1. The summed E-state index contributed by atoms with van der Waals surface area (Å²) in [6.07, 6.45) is 1.38. The molecule has 1 atom stereocenters. The van der Waals surface area contributed by atoms with Gasteiger partial charge in [0.25, 0.3) is 0 Å². The summed E-state index contributed by atoms with van der Waals surface area (Å²) in [6, 6.07) is 21.2. The molecule has 4 nitrogen and oxygen atoms in total. The van der Waals surface area contributed by atoms with Crippen LogP contribution in [0.15, 0.2) is 65.7 Å². The van der Waals surface area contributed by atoms with Gasteiger partial charge in [-0.05, 0) is 18.1 Å². The molecule has 0 saturated carbocycles. The largest absolute Gasteiger partial charge is 0.465 e. The van der Waals surface area contributed by atoms with Crippen LogP contribution >= 0.6 is 0 Å². The van der Waals surface area contributed by atoms with E-state index in [0.29, 0.717) is 0 Å². The molecule has 0 spiro atoms. The lowest BCUT2D eigenvalue weighted by molar-refractivity contribution is -0.143. The highest BCUT2D eigenvalue weighted by molar-refractivity contribution is 5.93. The number of carbonyl (C=O) groups is 1. The molecule has 0 heterocycles. The summed E-state index contributed by atoms with van der Waals surface area (Å²) in [4.78, 5) is 16.2. The van der Waals surface area contributed by atoms with Crippen LogP contribution in [0.1, 0.15) is 24.1 Å². The summed E-state index contributed by atoms with van der Waals surface area (Å²) >= 11 is 0. The molecule has 0 saturated heterocycles. The van der Waals surface area contributed by atoms with Crippen LogP contribution in [0.25, 0.3) is 0 Å². The third-order valence-electron chi connectivity index (χ3n) is 3.29. The fourth-order valence-electron chi connectivity index (χ4n) is 2.19. The van der Waals surface area contributed by atoms with Crippen molar-refractivity contribution in [2.45, 2.75) is 13.0 Å². The molecule has 0 aliphatic carbocycles. The SMILES string of the molecule is CCOC(=O)[C@H](C#N)C=NC(c1ccccc1)c1ccccc1. The molecule has 0 radical (unpaired) electrons. The van der Waals surface area contributed by atoms with Gasteiger partial charge in [-0.1, -0.05) is 60.7 Å². The second-order valence-electron chi connectivity index (χ2n) is 4.88. The minimum Gasteiger partial charge on any atom is -0.465 e. The Morgan fingerprint density at radius 2 is 1.65 bits per heavy atom. The van der Waals surface area contributed by atoms with Crippen molar-refractivity contribution in [1.29, 1.82) is 5.26 Å². The number of carbonyl (C=O) groups excluding carboxylic acids is 1. The Bertz CT molecular complexity index is 651. The Morgan fingerprint density at radius 3 is 2.09 bits per heavy atom.